The van der Waals surface area contributed by atoms with Crippen LogP contribution in [0, 0.1) is 5.92 Å². The summed E-state index contributed by atoms with van der Waals surface area (Å²) in [5.41, 5.74) is -0.0435. The second-order valence-corrected chi connectivity index (χ2v) is 10.8. The van der Waals surface area contributed by atoms with Crippen LogP contribution in [0.4, 0.5) is 5.82 Å². The van der Waals surface area contributed by atoms with Gasteiger partial charge in [-0.15, -0.1) is 0 Å². The van der Waals surface area contributed by atoms with E-state index in [-0.39, 0.29) is 22.0 Å². The van der Waals surface area contributed by atoms with Crippen LogP contribution in [0.5, 0.6) is 17.4 Å². The van der Waals surface area contributed by atoms with Gasteiger partial charge in [0.2, 0.25) is 5.88 Å². The summed E-state index contributed by atoms with van der Waals surface area (Å²) in [6.07, 6.45) is 2.55. The number of carbonyl (C=O) groups excluding carboxylic acids is 1. The molecule has 1 atom stereocenters. The Morgan fingerprint density at radius 1 is 1.14 bits per heavy atom. The number of ether oxygens (including phenoxy) is 2. The van der Waals surface area contributed by atoms with E-state index in [2.05, 4.69) is 40.4 Å². The highest BCUT2D eigenvalue weighted by Crippen LogP contribution is 2.38. The van der Waals surface area contributed by atoms with Gasteiger partial charge in [0.15, 0.2) is 5.03 Å². The molecule has 10 heteroatoms. The van der Waals surface area contributed by atoms with Crippen molar-refractivity contribution in [2.24, 2.45) is 5.92 Å². The Kier molecular flexibility index (Phi) is 7.16. The fourth-order valence-electron chi connectivity index (χ4n) is 4.14. The smallest absolute Gasteiger partial charge is 0.281 e. The second kappa shape index (κ2) is 10.1. The number of amides is 1. The van der Waals surface area contributed by atoms with Crippen molar-refractivity contribution in [3.05, 3.63) is 66.4 Å². The van der Waals surface area contributed by atoms with Gasteiger partial charge in [0.1, 0.15) is 17.3 Å². The quantitative estimate of drug-likeness (QED) is 0.474. The van der Waals surface area contributed by atoms with Crippen molar-refractivity contribution in [1.82, 2.24) is 14.7 Å². The molecule has 2 aromatic heterocycles. The number of benzene rings is 1. The van der Waals surface area contributed by atoms with E-state index in [1.54, 1.807) is 42.6 Å². The molecule has 1 amide bonds. The number of sulfonamides is 1. The Morgan fingerprint density at radius 2 is 1.89 bits per heavy atom. The fraction of sp³-hybridized carbons (Fsp3) is 0.346. The first-order chi connectivity index (χ1) is 17.1. The summed E-state index contributed by atoms with van der Waals surface area (Å²) in [4.78, 5) is 23.7. The van der Waals surface area contributed by atoms with Gasteiger partial charge in [-0.1, -0.05) is 19.1 Å². The number of nitrogens with one attached hydrogen (secondary N) is 1. The number of nitrogens with zero attached hydrogens (tertiary/aromatic N) is 3. The fourth-order valence-corrected chi connectivity index (χ4v) is 5.07. The third-order valence-corrected chi connectivity index (χ3v) is 7.75. The molecular weight excluding hydrogens is 480 g/mol. The largest absolute Gasteiger partial charge is 0.494 e. The molecule has 1 aromatic carbocycles. The van der Waals surface area contributed by atoms with E-state index in [9.17, 15) is 13.2 Å². The first-order valence-corrected chi connectivity index (χ1v) is 13.3. The van der Waals surface area contributed by atoms with Crippen molar-refractivity contribution in [3.63, 3.8) is 0 Å². The molecule has 1 aliphatic heterocycles. The first-order valence-electron chi connectivity index (χ1n) is 11.8. The highest BCUT2D eigenvalue weighted by molar-refractivity contribution is 7.90. The molecular formula is C26H30N4O5S. The summed E-state index contributed by atoms with van der Waals surface area (Å²) in [6.45, 7) is 9.44. The Balaban J connectivity index is 1.55. The van der Waals surface area contributed by atoms with E-state index in [0.29, 0.717) is 29.8 Å². The Hall–Kier alpha value is -3.66. The molecule has 0 spiro atoms. The molecule has 1 unspecified atom stereocenters. The first kappa shape index (κ1) is 25.4. The lowest BCUT2D eigenvalue weighted by molar-refractivity contribution is 0.0981. The van der Waals surface area contributed by atoms with Crippen LogP contribution in [-0.2, 0) is 10.0 Å². The maximum absolute atomic E-state index is 13.1. The molecule has 1 N–H and O–H groups in total. The van der Waals surface area contributed by atoms with Gasteiger partial charge in [-0.25, -0.2) is 9.71 Å². The molecule has 3 heterocycles. The van der Waals surface area contributed by atoms with Crippen LogP contribution in [0.15, 0.2) is 65.8 Å². The summed E-state index contributed by atoms with van der Waals surface area (Å²) in [5.74, 6) is 1.20. The normalized spacial score (nSPS) is 17.0. The number of rotatable bonds is 8. The summed E-state index contributed by atoms with van der Waals surface area (Å²) in [5, 5.41) is -0.338. The van der Waals surface area contributed by atoms with Crippen molar-refractivity contribution in [1.29, 1.82) is 0 Å². The van der Waals surface area contributed by atoms with Gasteiger partial charge in [-0.3, -0.25) is 4.79 Å². The van der Waals surface area contributed by atoms with Gasteiger partial charge in [-0.2, -0.15) is 13.4 Å². The number of aromatic nitrogens is 2. The van der Waals surface area contributed by atoms with Gasteiger partial charge < -0.3 is 14.4 Å². The maximum atomic E-state index is 13.1. The van der Waals surface area contributed by atoms with Crippen LogP contribution < -0.4 is 19.1 Å². The highest BCUT2D eigenvalue weighted by atomic mass is 32.2. The molecule has 3 aromatic rings. The zero-order chi connectivity index (χ0) is 25.9. The van der Waals surface area contributed by atoms with E-state index in [0.717, 1.165) is 13.0 Å². The van der Waals surface area contributed by atoms with Crippen LogP contribution in [0.1, 0.15) is 44.5 Å². The molecule has 0 radical (unpaired) electrons. The lowest BCUT2D eigenvalue weighted by Gasteiger charge is -2.36. The van der Waals surface area contributed by atoms with E-state index < -0.39 is 15.9 Å². The van der Waals surface area contributed by atoms with Crippen LogP contribution in [0.3, 0.4) is 0 Å². The number of hydrogen-bond donors (Lipinski definition) is 1. The molecule has 0 aliphatic carbocycles. The van der Waals surface area contributed by atoms with Crippen molar-refractivity contribution in [3.8, 4) is 17.4 Å². The van der Waals surface area contributed by atoms with E-state index in [1.807, 2.05) is 6.92 Å². The SMILES string of the molecule is CCOc1cccc(Oc2cccc(S(=O)(=O)NC(=O)c3cccnc3N3CCC(C)C3(C)C)n2)c1. The molecule has 1 aliphatic rings. The Morgan fingerprint density at radius 3 is 2.61 bits per heavy atom. The zero-order valence-corrected chi connectivity index (χ0v) is 21.6. The minimum absolute atomic E-state index is 0.0637. The van der Waals surface area contributed by atoms with E-state index >= 15 is 0 Å². The molecule has 0 bridgehead atoms. The average molecular weight is 511 g/mol. The van der Waals surface area contributed by atoms with Crippen LogP contribution in [0.2, 0.25) is 0 Å². The number of pyridine rings is 2. The van der Waals surface area contributed by atoms with Crippen LogP contribution in [0.25, 0.3) is 0 Å². The van der Waals surface area contributed by atoms with Crippen LogP contribution >= 0.6 is 0 Å². The molecule has 4 rings (SSSR count). The summed E-state index contributed by atoms with van der Waals surface area (Å²) >= 11 is 0. The molecule has 36 heavy (non-hydrogen) atoms. The standard InChI is InChI=1S/C26H30N4O5S/c1-5-34-19-9-6-10-20(17-19)35-22-12-7-13-23(28-22)36(32,33)29-25(31)21-11-8-15-27-24(21)30-16-14-18(2)26(30,3)4/h6-13,15,17-18H,5,14,16H2,1-4H3,(H,29,31). The summed E-state index contributed by atoms with van der Waals surface area (Å²) < 4.78 is 39.5. The highest BCUT2D eigenvalue weighted by Gasteiger charge is 2.40. The molecule has 1 saturated heterocycles. The maximum Gasteiger partial charge on any atom is 0.281 e. The molecule has 0 saturated carbocycles. The van der Waals surface area contributed by atoms with Crippen molar-refractivity contribution in [2.45, 2.75) is 44.7 Å². The Labute approximate surface area is 211 Å². The predicted molar refractivity (Wildman–Crippen MR) is 136 cm³/mol. The van der Waals surface area contributed by atoms with Gasteiger partial charge in [0.05, 0.1) is 12.2 Å². The Bertz CT molecular complexity index is 1360. The van der Waals surface area contributed by atoms with Gasteiger partial charge in [0.25, 0.3) is 15.9 Å². The van der Waals surface area contributed by atoms with Crippen molar-refractivity contribution >= 4 is 21.7 Å². The van der Waals surface area contributed by atoms with Gasteiger partial charge >= 0.3 is 0 Å². The number of hydrogen-bond acceptors (Lipinski definition) is 8. The van der Waals surface area contributed by atoms with Gasteiger partial charge in [0, 0.05) is 30.4 Å². The van der Waals surface area contributed by atoms with Gasteiger partial charge in [-0.05, 0) is 63.4 Å². The van der Waals surface area contributed by atoms with E-state index in [4.69, 9.17) is 9.47 Å². The predicted octanol–water partition coefficient (Wildman–Crippen LogP) is 4.41. The van der Waals surface area contributed by atoms with E-state index in [1.165, 1.54) is 18.2 Å². The number of carbonyl (C=O) groups is 1. The summed E-state index contributed by atoms with van der Waals surface area (Å²) in [7, 11) is -4.28. The number of anilines is 1. The monoisotopic (exact) mass is 510 g/mol. The molecule has 190 valence electrons. The lowest BCUT2D eigenvalue weighted by Crippen LogP contribution is -2.43. The second-order valence-electron chi connectivity index (χ2n) is 9.13. The summed E-state index contributed by atoms with van der Waals surface area (Å²) in [6, 6.07) is 14.4. The third-order valence-electron chi connectivity index (χ3n) is 6.51. The molecule has 9 nitrogen and oxygen atoms in total. The minimum atomic E-state index is -4.28. The minimum Gasteiger partial charge on any atom is -0.494 e. The average Bonchev–Trinajstić information content (AvgIpc) is 3.11. The van der Waals surface area contributed by atoms with Crippen LogP contribution in [-0.4, -0.2) is 43.0 Å². The van der Waals surface area contributed by atoms with Crippen molar-refractivity contribution in [2.75, 3.05) is 18.1 Å². The topological polar surface area (TPSA) is 111 Å². The third kappa shape index (κ3) is 5.28. The van der Waals surface area contributed by atoms with Crippen molar-refractivity contribution < 1.29 is 22.7 Å². The molecule has 1 fully saturated rings. The lowest BCUT2D eigenvalue weighted by atomic mass is 9.90. The zero-order valence-electron chi connectivity index (χ0n) is 20.8.